The molecule has 2 aromatic heterocycles. The van der Waals surface area contributed by atoms with E-state index in [1.165, 1.54) is 0 Å². The monoisotopic (exact) mass is 488 g/mol. The van der Waals surface area contributed by atoms with Gasteiger partial charge in [-0.05, 0) is 63.2 Å². The number of ether oxygens (including phenoxy) is 4. The lowest BCUT2D eigenvalue weighted by Crippen LogP contribution is -2.09. The smallest absolute Gasteiger partial charge is 0.462 e. The van der Waals surface area contributed by atoms with Gasteiger partial charge >= 0.3 is 18.1 Å². The highest BCUT2D eigenvalue weighted by Gasteiger charge is 2.23. The summed E-state index contributed by atoms with van der Waals surface area (Å²) in [7, 11) is 0. The minimum absolute atomic E-state index is 0.198. The predicted octanol–water partition coefficient (Wildman–Crippen LogP) is 5.84. The van der Waals surface area contributed by atoms with Crippen molar-refractivity contribution in [2.75, 3.05) is 19.8 Å². The maximum Gasteiger partial charge on any atom is 0.513 e. The van der Waals surface area contributed by atoms with E-state index in [4.69, 9.17) is 18.9 Å². The van der Waals surface area contributed by atoms with Gasteiger partial charge < -0.3 is 28.9 Å². The van der Waals surface area contributed by atoms with Gasteiger partial charge in [-0.15, -0.1) is 0 Å². The van der Waals surface area contributed by atoms with E-state index in [0.29, 0.717) is 27.9 Å². The number of benzene rings is 3. The third kappa shape index (κ3) is 3.88. The van der Waals surface area contributed by atoms with E-state index in [1.807, 2.05) is 6.07 Å². The highest BCUT2D eigenvalue weighted by Crippen LogP contribution is 2.38. The second-order valence-corrected chi connectivity index (χ2v) is 8.04. The van der Waals surface area contributed by atoms with Crippen molar-refractivity contribution in [3.05, 3.63) is 53.6 Å². The predicted molar refractivity (Wildman–Crippen MR) is 135 cm³/mol. The van der Waals surface area contributed by atoms with E-state index in [2.05, 4.69) is 9.97 Å². The van der Waals surface area contributed by atoms with E-state index in [1.54, 1.807) is 57.2 Å². The summed E-state index contributed by atoms with van der Waals surface area (Å²) >= 11 is 0. The topological polar surface area (TPSA) is 120 Å². The molecule has 0 spiro atoms. The Labute approximate surface area is 205 Å². The molecule has 0 fully saturated rings. The number of fused-ring (bicyclic) bond motifs is 6. The molecule has 9 heteroatoms. The zero-order valence-corrected chi connectivity index (χ0v) is 20.0. The standard InChI is InChI=1S/C27H24N2O7/c1-4-33-25(30)14-7-9-20-16(11-14)18-13-19-17-12-15(36-27(32)35-6-3)8-10-21(17)29-24(19)22(23(18)28-20)26(31)34-5-2/h7-13,28-29H,4-6H2,1-3H3. The van der Waals surface area contributed by atoms with Gasteiger partial charge in [-0.3, -0.25) is 0 Å². The van der Waals surface area contributed by atoms with Gasteiger partial charge in [0.1, 0.15) is 11.3 Å². The van der Waals surface area contributed by atoms with E-state index >= 15 is 0 Å². The minimum atomic E-state index is -0.797. The summed E-state index contributed by atoms with van der Waals surface area (Å²) in [5, 5.41) is 2.98. The molecule has 0 atom stereocenters. The summed E-state index contributed by atoms with van der Waals surface area (Å²) in [6.07, 6.45) is -0.797. The van der Waals surface area contributed by atoms with Crippen LogP contribution in [0.5, 0.6) is 5.75 Å². The Hall–Kier alpha value is -4.53. The maximum atomic E-state index is 13.1. The fraction of sp³-hybridized carbons (Fsp3) is 0.222. The van der Waals surface area contributed by atoms with Gasteiger partial charge in [0.15, 0.2) is 0 Å². The number of aromatic amines is 2. The number of esters is 2. The fourth-order valence-corrected chi connectivity index (χ4v) is 4.42. The second-order valence-electron chi connectivity index (χ2n) is 8.04. The van der Waals surface area contributed by atoms with Gasteiger partial charge in [-0.1, -0.05) is 0 Å². The van der Waals surface area contributed by atoms with Crippen molar-refractivity contribution in [3.8, 4) is 5.75 Å². The first kappa shape index (κ1) is 23.2. The average Bonchev–Trinajstić information content (AvgIpc) is 3.40. The maximum absolute atomic E-state index is 13.1. The molecule has 0 bridgehead atoms. The van der Waals surface area contributed by atoms with Crippen molar-refractivity contribution in [2.24, 2.45) is 0 Å². The number of hydrogen-bond donors (Lipinski definition) is 2. The van der Waals surface area contributed by atoms with Gasteiger partial charge in [0, 0.05) is 32.6 Å². The van der Waals surface area contributed by atoms with E-state index in [9.17, 15) is 14.4 Å². The molecule has 0 radical (unpaired) electrons. The zero-order chi connectivity index (χ0) is 25.4. The zero-order valence-electron chi connectivity index (χ0n) is 20.0. The molecule has 2 N–H and O–H groups in total. The van der Waals surface area contributed by atoms with Crippen LogP contribution in [-0.4, -0.2) is 47.9 Å². The molecule has 2 heterocycles. The van der Waals surface area contributed by atoms with Crippen molar-refractivity contribution >= 4 is 61.7 Å². The lowest BCUT2D eigenvalue weighted by Gasteiger charge is -2.06. The first-order chi connectivity index (χ1) is 17.4. The second kappa shape index (κ2) is 9.26. The third-order valence-electron chi connectivity index (χ3n) is 5.89. The molecule has 0 unspecified atom stereocenters. The number of carbonyl (C=O) groups excluding carboxylic acids is 3. The van der Waals surface area contributed by atoms with Crippen LogP contribution in [0.3, 0.4) is 0 Å². The Morgan fingerprint density at radius 1 is 0.667 bits per heavy atom. The molecule has 3 aromatic carbocycles. The van der Waals surface area contributed by atoms with Gasteiger partial charge in [0.05, 0.1) is 36.4 Å². The van der Waals surface area contributed by atoms with Crippen molar-refractivity contribution in [1.29, 1.82) is 0 Å². The van der Waals surface area contributed by atoms with Crippen LogP contribution in [0.1, 0.15) is 41.5 Å². The molecule has 0 aliphatic heterocycles. The Balaban J connectivity index is 1.79. The van der Waals surface area contributed by atoms with Gasteiger partial charge in [-0.2, -0.15) is 0 Å². The quantitative estimate of drug-likeness (QED) is 0.175. The van der Waals surface area contributed by atoms with Crippen molar-refractivity contribution < 1.29 is 33.3 Å². The number of H-pyrrole nitrogens is 2. The first-order valence-electron chi connectivity index (χ1n) is 11.7. The number of hydrogen-bond acceptors (Lipinski definition) is 7. The molecule has 9 nitrogen and oxygen atoms in total. The van der Waals surface area contributed by atoms with Crippen LogP contribution in [0.4, 0.5) is 4.79 Å². The summed E-state index contributed by atoms with van der Waals surface area (Å²) in [4.78, 5) is 44.0. The molecule has 0 saturated heterocycles. The van der Waals surface area contributed by atoms with Crippen LogP contribution in [0.25, 0.3) is 43.6 Å². The molecule has 36 heavy (non-hydrogen) atoms. The normalized spacial score (nSPS) is 11.3. The van der Waals surface area contributed by atoms with Crippen molar-refractivity contribution in [2.45, 2.75) is 20.8 Å². The molecule has 5 rings (SSSR count). The van der Waals surface area contributed by atoms with E-state index in [0.717, 1.165) is 32.6 Å². The molecule has 0 amide bonds. The van der Waals surface area contributed by atoms with Crippen LogP contribution >= 0.6 is 0 Å². The van der Waals surface area contributed by atoms with Crippen LogP contribution in [0.2, 0.25) is 0 Å². The van der Waals surface area contributed by atoms with Crippen LogP contribution in [0.15, 0.2) is 42.5 Å². The molecule has 184 valence electrons. The van der Waals surface area contributed by atoms with E-state index in [-0.39, 0.29) is 19.8 Å². The van der Waals surface area contributed by atoms with Crippen LogP contribution in [0, 0.1) is 0 Å². The lowest BCUT2D eigenvalue weighted by molar-refractivity contribution is 0.0518. The lowest BCUT2D eigenvalue weighted by atomic mass is 10.0. The highest BCUT2D eigenvalue weighted by atomic mass is 16.7. The van der Waals surface area contributed by atoms with Crippen LogP contribution < -0.4 is 4.74 Å². The Bertz CT molecular complexity index is 1660. The Morgan fingerprint density at radius 2 is 1.25 bits per heavy atom. The first-order valence-corrected chi connectivity index (χ1v) is 11.7. The molecule has 0 aliphatic carbocycles. The molecular formula is C27H24N2O7. The Morgan fingerprint density at radius 3 is 1.89 bits per heavy atom. The van der Waals surface area contributed by atoms with Gasteiger partial charge in [0.25, 0.3) is 0 Å². The SMILES string of the molecule is CCOC(=O)Oc1ccc2[nH]c3c(C(=O)OCC)c4[nH]c5ccc(C(=O)OCC)cc5c4cc3c2c1. The van der Waals surface area contributed by atoms with Crippen LogP contribution in [-0.2, 0) is 14.2 Å². The number of rotatable bonds is 6. The highest BCUT2D eigenvalue weighted by molar-refractivity contribution is 6.25. The minimum Gasteiger partial charge on any atom is -0.462 e. The number of aromatic nitrogens is 2. The summed E-state index contributed by atoms with van der Waals surface area (Å²) in [5.74, 6) is -0.601. The third-order valence-corrected chi connectivity index (χ3v) is 5.89. The average molecular weight is 488 g/mol. The number of nitrogens with one attached hydrogen (secondary N) is 2. The largest absolute Gasteiger partial charge is 0.513 e. The van der Waals surface area contributed by atoms with Gasteiger partial charge in [-0.25, -0.2) is 14.4 Å². The summed E-state index contributed by atoms with van der Waals surface area (Å²) in [6.45, 7) is 5.87. The summed E-state index contributed by atoms with van der Waals surface area (Å²) < 4.78 is 20.7. The Kier molecular flexibility index (Phi) is 5.97. The molecule has 0 saturated carbocycles. The molecule has 0 aliphatic rings. The van der Waals surface area contributed by atoms with E-state index < -0.39 is 18.1 Å². The molecular weight excluding hydrogens is 464 g/mol. The van der Waals surface area contributed by atoms with Crippen molar-refractivity contribution in [1.82, 2.24) is 9.97 Å². The van der Waals surface area contributed by atoms with Gasteiger partial charge in [0.2, 0.25) is 0 Å². The summed E-state index contributed by atoms with van der Waals surface area (Å²) in [6, 6.07) is 12.3. The fourth-order valence-electron chi connectivity index (χ4n) is 4.42. The summed E-state index contributed by atoms with van der Waals surface area (Å²) in [5.41, 5.74) is 3.44. The molecule has 5 aromatic rings. The van der Waals surface area contributed by atoms with Crippen molar-refractivity contribution in [3.63, 3.8) is 0 Å². The number of carbonyl (C=O) groups is 3.